The third-order valence-corrected chi connectivity index (χ3v) is 5.83. The van der Waals surface area contributed by atoms with E-state index in [4.69, 9.17) is 18.9 Å². The maximum absolute atomic E-state index is 13.1. The lowest BCUT2D eigenvalue weighted by atomic mass is 10.0. The molecular weight excluding hydrogens is 440 g/mol. The van der Waals surface area contributed by atoms with Crippen LogP contribution in [-0.4, -0.2) is 62.7 Å². The van der Waals surface area contributed by atoms with Crippen LogP contribution in [0.15, 0.2) is 48.8 Å². The molecule has 2 aromatic rings. The second-order valence-electron chi connectivity index (χ2n) is 7.87. The van der Waals surface area contributed by atoms with E-state index in [0.29, 0.717) is 35.1 Å². The van der Waals surface area contributed by atoms with Crippen molar-refractivity contribution >= 4 is 17.5 Å². The minimum absolute atomic E-state index is 0.0866. The Kier molecular flexibility index (Phi) is 6.78. The Bertz CT molecular complexity index is 1080. The van der Waals surface area contributed by atoms with Crippen molar-refractivity contribution in [2.24, 2.45) is 0 Å². The van der Waals surface area contributed by atoms with Crippen LogP contribution in [0.2, 0.25) is 0 Å². The summed E-state index contributed by atoms with van der Waals surface area (Å²) in [6.07, 6.45) is 3.92. The summed E-state index contributed by atoms with van der Waals surface area (Å²) >= 11 is 0. The lowest BCUT2D eigenvalue weighted by molar-refractivity contribution is -0.137. The molecule has 2 heterocycles. The van der Waals surface area contributed by atoms with Gasteiger partial charge in [0.15, 0.2) is 11.5 Å². The van der Waals surface area contributed by atoms with Gasteiger partial charge in [-0.15, -0.1) is 0 Å². The molecule has 0 aromatic heterocycles. The van der Waals surface area contributed by atoms with Gasteiger partial charge >= 0.3 is 0 Å². The van der Waals surface area contributed by atoms with Gasteiger partial charge in [-0.3, -0.25) is 9.59 Å². The molecule has 2 atom stereocenters. The maximum atomic E-state index is 13.1. The van der Waals surface area contributed by atoms with Crippen LogP contribution in [0.1, 0.15) is 18.0 Å². The number of fused-ring (bicyclic) bond motifs is 1. The van der Waals surface area contributed by atoms with Crippen molar-refractivity contribution in [3.63, 3.8) is 0 Å². The molecule has 4 rings (SSSR count). The Morgan fingerprint density at radius 1 is 0.971 bits per heavy atom. The van der Waals surface area contributed by atoms with Gasteiger partial charge < -0.3 is 34.2 Å². The minimum Gasteiger partial charge on any atom is -0.497 e. The SMILES string of the molecule is COc1cc(NC(=O)CN2C=CN3NC(c4ccc(OC)c(OC)c4)CC3C2=O)cc(OC)c1. The standard InChI is InChI=1S/C24H28N4O6/c1-31-17-10-16(11-18(12-17)32-2)25-23(29)14-27-7-8-28-20(24(27)30)13-19(26-28)15-5-6-21(33-3)22(9-15)34-4/h5-12,19-20,26H,13-14H2,1-4H3,(H,25,29). The Morgan fingerprint density at radius 2 is 1.68 bits per heavy atom. The number of nitrogens with one attached hydrogen (secondary N) is 2. The Morgan fingerprint density at radius 3 is 2.32 bits per heavy atom. The van der Waals surface area contributed by atoms with Crippen molar-refractivity contribution in [2.45, 2.75) is 18.5 Å². The summed E-state index contributed by atoms with van der Waals surface area (Å²) in [6, 6.07) is 10.3. The maximum Gasteiger partial charge on any atom is 0.251 e. The predicted octanol–water partition coefficient (Wildman–Crippen LogP) is 2.29. The highest BCUT2D eigenvalue weighted by Crippen LogP contribution is 2.35. The Labute approximate surface area is 198 Å². The quantitative estimate of drug-likeness (QED) is 0.609. The molecule has 0 saturated carbocycles. The number of rotatable bonds is 8. The van der Waals surface area contributed by atoms with Crippen molar-refractivity contribution in [2.75, 3.05) is 40.3 Å². The van der Waals surface area contributed by atoms with Gasteiger partial charge in [0.05, 0.1) is 34.5 Å². The summed E-state index contributed by atoms with van der Waals surface area (Å²) < 4.78 is 21.2. The molecule has 0 bridgehead atoms. The van der Waals surface area contributed by atoms with Gasteiger partial charge in [-0.2, -0.15) is 0 Å². The van der Waals surface area contributed by atoms with Gasteiger partial charge in [0.2, 0.25) is 5.91 Å². The van der Waals surface area contributed by atoms with Crippen molar-refractivity contribution < 1.29 is 28.5 Å². The van der Waals surface area contributed by atoms with Crippen LogP contribution in [0.5, 0.6) is 23.0 Å². The summed E-state index contributed by atoms with van der Waals surface area (Å²) in [5, 5.41) is 4.58. The molecule has 2 unspecified atom stereocenters. The predicted molar refractivity (Wildman–Crippen MR) is 125 cm³/mol. The highest BCUT2D eigenvalue weighted by atomic mass is 16.5. The van der Waals surface area contributed by atoms with Crippen LogP contribution < -0.4 is 29.7 Å². The van der Waals surface area contributed by atoms with E-state index in [1.807, 2.05) is 18.2 Å². The number of amides is 2. The lowest BCUT2D eigenvalue weighted by Crippen LogP contribution is -2.49. The average molecular weight is 469 g/mol. The molecule has 0 radical (unpaired) electrons. The van der Waals surface area contributed by atoms with Crippen LogP contribution in [-0.2, 0) is 9.59 Å². The number of methoxy groups -OCH3 is 4. The van der Waals surface area contributed by atoms with Gasteiger partial charge in [0, 0.05) is 36.3 Å². The number of benzene rings is 2. The van der Waals surface area contributed by atoms with Crippen molar-refractivity contribution in [3.05, 3.63) is 54.4 Å². The van der Waals surface area contributed by atoms with Crippen LogP contribution in [0, 0.1) is 0 Å². The molecule has 2 amide bonds. The molecule has 0 spiro atoms. The number of anilines is 1. The smallest absolute Gasteiger partial charge is 0.251 e. The fourth-order valence-corrected chi connectivity index (χ4v) is 4.09. The number of hydrazine groups is 1. The van der Waals surface area contributed by atoms with E-state index in [1.165, 1.54) is 19.1 Å². The van der Waals surface area contributed by atoms with E-state index < -0.39 is 6.04 Å². The number of ether oxygens (including phenoxy) is 4. The molecule has 2 aliphatic rings. The van der Waals surface area contributed by atoms with Crippen molar-refractivity contribution in [1.82, 2.24) is 15.3 Å². The van der Waals surface area contributed by atoms with Crippen LogP contribution >= 0.6 is 0 Å². The largest absolute Gasteiger partial charge is 0.497 e. The first-order chi connectivity index (χ1) is 16.4. The second kappa shape index (κ2) is 9.92. The molecule has 180 valence electrons. The molecule has 1 saturated heterocycles. The summed E-state index contributed by atoms with van der Waals surface area (Å²) in [6.45, 7) is -0.111. The van der Waals surface area contributed by atoms with Crippen molar-refractivity contribution in [1.29, 1.82) is 0 Å². The molecule has 2 N–H and O–H groups in total. The van der Waals surface area contributed by atoms with Crippen molar-refractivity contribution in [3.8, 4) is 23.0 Å². The third kappa shape index (κ3) is 4.72. The number of carbonyl (C=O) groups excluding carboxylic acids is 2. The second-order valence-corrected chi connectivity index (χ2v) is 7.87. The average Bonchev–Trinajstić information content (AvgIpc) is 3.30. The summed E-state index contributed by atoms with van der Waals surface area (Å²) in [4.78, 5) is 27.2. The first-order valence-corrected chi connectivity index (χ1v) is 10.7. The first kappa shape index (κ1) is 23.2. The lowest BCUT2D eigenvalue weighted by Gasteiger charge is -2.31. The fraction of sp³-hybridized carbons (Fsp3) is 0.333. The van der Waals surface area contributed by atoms with Gasteiger partial charge in [-0.1, -0.05) is 6.07 Å². The van der Waals surface area contributed by atoms with E-state index in [-0.39, 0.29) is 24.4 Å². The summed E-state index contributed by atoms with van der Waals surface area (Å²) in [7, 11) is 6.25. The Balaban J connectivity index is 1.41. The first-order valence-electron chi connectivity index (χ1n) is 10.7. The third-order valence-electron chi connectivity index (χ3n) is 5.83. The number of hydrogen-bond acceptors (Lipinski definition) is 8. The van der Waals surface area contributed by atoms with E-state index in [0.717, 1.165) is 5.56 Å². The van der Waals surface area contributed by atoms with Crippen LogP contribution in [0.25, 0.3) is 0 Å². The molecule has 2 aromatic carbocycles. The van der Waals surface area contributed by atoms with Gasteiger partial charge in [0.25, 0.3) is 5.91 Å². The minimum atomic E-state index is -0.423. The highest BCUT2D eigenvalue weighted by molar-refractivity contribution is 5.96. The highest BCUT2D eigenvalue weighted by Gasteiger charge is 2.40. The topological polar surface area (TPSA) is 102 Å². The Hall–Kier alpha value is -3.92. The molecule has 2 aliphatic heterocycles. The number of hydrogen-bond donors (Lipinski definition) is 2. The van der Waals surface area contributed by atoms with Crippen LogP contribution in [0.4, 0.5) is 5.69 Å². The number of carbonyl (C=O) groups is 2. The molecule has 34 heavy (non-hydrogen) atoms. The zero-order valence-electron chi connectivity index (χ0n) is 19.5. The van der Waals surface area contributed by atoms with Crippen LogP contribution in [0.3, 0.4) is 0 Å². The molecule has 0 aliphatic carbocycles. The molecular formula is C24H28N4O6. The van der Waals surface area contributed by atoms with E-state index >= 15 is 0 Å². The summed E-state index contributed by atoms with van der Waals surface area (Å²) in [5.74, 6) is 1.89. The monoisotopic (exact) mass is 468 g/mol. The van der Waals surface area contributed by atoms with Gasteiger partial charge in [-0.05, 0) is 24.1 Å². The van der Waals surface area contributed by atoms with E-state index in [1.54, 1.807) is 49.8 Å². The number of nitrogens with zero attached hydrogens (tertiary/aromatic N) is 2. The van der Waals surface area contributed by atoms with Gasteiger partial charge in [0.1, 0.15) is 24.1 Å². The normalized spacial score (nSPS) is 19.0. The zero-order valence-corrected chi connectivity index (χ0v) is 19.5. The van der Waals surface area contributed by atoms with E-state index in [2.05, 4.69) is 10.7 Å². The molecule has 10 nitrogen and oxygen atoms in total. The van der Waals surface area contributed by atoms with Gasteiger partial charge in [-0.25, -0.2) is 5.43 Å². The zero-order chi connectivity index (χ0) is 24.2. The fourth-order valence-electron chi connectivity index (χ4n) is 4.09. The van der Waals surface area contributed by atoms with E-state index in [9.17, 15) is 9.59 Å². The summed E-state index contributed by atoms with van der Waals surface area (Å²) in [5.41, 5.74) is 4.84. The molecule has 1 fully saturated rings. The molecule has 10 heteroatoms.